The number of carbonyl (C=O) groups excluding carboxylic acids is 1. The fraction of sp³-hybridized carbons (Fsp3) is 0.120. The Kier molecular flexibility index (Phi) is 7.39. The Morgan fingerprint density at radius 2 is 1.71 bits per heavy atom. The number of nitriles is 1. The van der Waals surface area contributed by atoms with E-state index in [4.69, 9.17) is 9.47 Å². The lowest BCUT2D eigenvalue weighted by Gasteiger charge is -2.08. The highest BCUT2D eigenvalue weighted by Crippen LogP contribution is 2.19. The Hall–Kier alpha value is -4.11. The Balaban J connectivity index is 1.61. The van der Waals surface area contributed by atoms with E-state index in [0.29, 0.717) is 29.4 Å². The molecule has 0 aliphatic carbocycles. The summed E-state index contributed by atoms with van der Waals surface area (Å²) < 4.78 is 24.2. The normalized spacial score (nSPS) is 10.8. The monoisotopic (exact) mass is 416 g/mol. The summed E-state index contributed by atoms with van der Waals surface area (Å²) in [6.07, 6.45) is 1.50. The number of rotatable bonds is 8. The molecule has 0 fully saturated rings. The maximum atomic E-state index is 13.2. The lowest BCUT2D eigenvalue weighted by molar-refractivity contribution is -0.112. The summed E-state index contributed by atoms with van der Waals surface area (Å²) in [5.74, 6) is 0.488. The maximum Gasteiger partial charge on any atom is 0.266 e. The van der Waals surface area contributed by atoms with E-state index in [1.54, 1.807) is 60.7 Å². The molecule has 5 nitrogen and oxygen atoms in total. The molecule has 1 N–H and O–H groups in total. The molecule has 1 amide bonds. The average molecular weight is 416 g/mol. The van der Waals surface area contributed by atoms with Crippen LogP contribution in [0.25, 0.3) is 6.08 Å². The second kappa shape index (κ2) is 10.6. The molecule has 0 aliphatic heterocycles. The van der Waals surface area contributed by atoms with Crippen LogP contribution in [0, 0.1) is 17.1 Å². The number of hydrogen-bond donors (Lipinski definition) is 1. The molecule has 3 aromatic carbocycles. The van der Waals surface area contributed by atoms with E-state index in [0.717, 1.165) is 5.56 Å². The van der Waals surface area contributed by atoms with Gasteiger partial charge in [-0.25, -0.2) is 4.39 Å². The molecule has 156 valence electrons. The van der Waals surface area contributed by atoms with Gasteiger partial charge in [0, 0.05) is 5.69 Å². The summed E-state index contributed by atoms with van der Waals surface area (Å²) in [6, 6.07) is 22.0. The highest BCUT2D eigenvalue weighted by Gasteiger charge is 2.10. The first-order valence-electron chi connectivity index (χ1n) is 9.70. The van der Waals surface area contributed by atoms with E-state index in [9.17, 15) is 14.4 Å². The van der Waals surface area contributed by atoms with Gasteiger partial charge in [-0.15, -0.1) is 0 Å². The number of anilines is 1. The third kappa shape index (κ3) is 6.44. The van der Waals surface area contributed by atoms with Crippen molar-refractivity contribution in [2.75, 3.05) is 11.9 Å². The van der Waals surface area contributed by atoms with Gasteiger partial charge in [0.05, 0.1) is 6.61 Å². The van der Waals surface area contributed by atoms with Gasteiger partial charge in [0.15, 0.2) is 0 Å². The van der Waals surface area contributed by atoms with Crippen LogP contribution in [0.2, 0.25) is 0 Å². The molecule has 0 saturated heterocycles. The maximum absolute atomic E-state index is 13.2. The smallest absolute Gasteiger partial charge is 0.266 e. The highest BCUT2D eigenvalue weighted by atomic mass is 19.1. The van der Waals surface area contributed by atoms with Crippen LogP contribution in [0.3, 0.4) is 0 Å². The molecule has 0 unspecified atom stereocenters. The van der Waals surface area contributed by atoms with Crippen LogP contribution in [-0.2, 0) is 11.4 Å². The number of benzene rings is 3. The van der Waals surface area contributed by atoms with Gasteiger partial charge in [-0.1, -0.05) is 24.3 Å². The van der Waals surface area contributed by atoms with Crippen molar-refractivity contribution in [2.45, 2.75) is 13.5 Å². The zero-order chi connectivity index (χ0) is 22.1. The highest BCUT2D eigenvalue weighted by molar-refractivity contribution is 6.09. The summed E-state index contributed by atoms with van der Waals surface area (Å²) in [5.41, 5.74) is 1.94. The van der Waals surface area contributed by atoms with Gasteiger partial charge in [-0.05, 0) is 72.7 Å². The molecule has 0 saturated carbocycles. The zero-order valence-electron chi connectivity index (χ0n) is 17.0. The summed E-state index contributed by atoms with van der Waals surface area (Å²) in [6.45, 7) is 2.69. The van der Waals surface area contributed by atoms with Crippen LogP contribution < -0.4 is 14.8 Å². The second-order valence-electron chi connectivity index (χ2n) is 6.57. The Morgan fingerprint density at radius 3 is 2.35 bits per heavy atom. The van der Waals surface area contributed by atoms with Crippen molar-refractivity contribution in [3.63, 3.8) is 0 Å². The fourth-order valence-corrected chi connectivity index (χ4v) is 2.77. The molecular weight excluding hydrogens is 395 g/mol. The first kappa shape index (κ1) is 21.6. The number of halogens is 1. The quantitative estimate of drug-likeness (QED) is 0.397. The lowest BCUT2D eigenvalue weighted by atomic mass is 10.1. The minimum absolute atomic E-state index is 0.0256. The first-order valence-corrected chi connectivity index (χ1v) is 9.70. The SMILES string of the molecule is CCOc1ccc(NC(=O)/C(C#N)=C\c2ccc(OCc3cccc(F)c3)cc2)cc1. The fourth-order valence-electron chi connectivity index (χ4n) is 2.77. The van der Waals surface area contributed by atoms with E-state index in [1.807, 2.05) is 13.0 Å². The summed E-state index contributed by atoms with van der Waals surface area (Å²) in [7, 11) is 0. The number of hydrogen-bond acceptors (Lipinski definition) is 4. The third-order valence-corrected chi connectivity index (χ3v) is 4.27. The van der Waals surface area contributed by atoms with Gasteiger partial charge < -0.3 is 14.8 Å². The molecule has 0 bridgehead atoms. The molecule has 0 radical (unpaired) electrons. The van der Waals surface area contributed by atoms with Crippen molar-refractivity contribution in [3.05, 3.63) is 95.3 Å². The van der Waals surface area contributed by atoms with Crippen molar-refractivity contribution in [1.82, 2.24) is 0 Å². The van der Waals surface area contributed by atoms with Gasteiger partial charge in [0.25, 0.3) is 5.91 Å². The molecule has 3 aromatic rings. The van der Waals surface area contributed by atoms with E-state index in [-0.39, 0.29) is 18.0 Å². The van der Waals surface area contributed by atoms with Gasteiger partial charge in [0.2, 0.25) is 0 Å². The van der Waals surface area contributed by atoms with Crippen LogP contribution in [0.4, 0.5) is 10.1 Å². The third-order valence-electron chi connectivity index (χ3n) is 4.27. The number of amides is 1. The largest absolute Gasteiger partial charge is 0.494 e. The van der Waals surface area contributed by atoms with Gasteiger partial charge in [0.1, 0.15) is 35.6 Å². The standard InChI is InChI=1S/C25H21FN2O3/c1-2-30-23-12-8-22(9-13-23)28-25(29)20(16-27)14-18-6-10-24(11-7-18)31-17-19-4-3-5-21(26)15-19/h3-15H,2,17H2,1H3,(H,28,29)/b20-14-. The van der Waals surface area contributed by atoms with Crippen LogP contribution in [0.1, 0.15) is 18.1 Å². The number of nitrogens with one attached hydrogen (secondary N) is 1. The van der Waals surface area contributed by atoms with E-state index in [1.165, 1.54) is 18.2 Å². The molecule has 31 heavy (non-hydrogen) atoms. The molecule has 0 aliphatic rings. The molecule has 0 spiro atoms. The van der Waals surface area contributed by atoms with Crippen LogP contribution in [-0.4, -0.2) is 12.5 Å². The van der Waals surface area contributed by atoms with Crippen molar-refractivity contribution in [2.24, 2.45) is 0 Å². The predicted octanol–water partition coefficient (Wildman–Crippen LogP) is 5.35. The molecular formula is C25H21FN2O3. The average Bonchev–Trinajstić information content (AvgIpc) is 2.78. The lowest BCUT2D eigenvalue weighted by Crippen LogP contribution is -2.13. The molecule has 0 aromatic heterocycles. The van der Waals surface area contributed by atoms with Crippen molar-refractivity contribution >= 4 is 17.7 Å². The molecule has 0 atom stereocenters. The van der Waals surface area contributed by atoms with Crippen molar-refractivity contribution < 1.29 is 18.7 Å². The predicted molar refractivity (Wildman–Crippen MR) is 117 cm³/mol. The summed E-state index contributed by atoms with van der Waals surface area (Å²) in [5, 5.41) is 12.1. The number of ether oxygens (including phenoxy) is 2. The number of nitrogens with zero attached hydrogens (tertiary/aromatic N) is 1. The van der Waals surface area contributed by atoms with E-state index in [2.05, 4.69) is 5.32 Å². The second-order valence-corrected chi connectivity index (χ2v) is 6.57. The molecule has 3 rings (SSSR count). The van der Waals surface area contributed by atoms with Crippen molar-refractivity contribution in [1.29, 1.82) is 5.26 Å². The van der Waals surface area contributed by atoms with Gasteiger partial charge >= 0.3 is 0 Å². The van der Waals surface area contributed by atoms with Crippen molar-refractivity contribution in [3.8, 4) is 17.6 Å². The minimum atomic E-state index is -0.502. The Bertz CT molecular complexity index is 1100. The summed E-state index contributed by atoms with van der Waals surface area (Å²) >= 11 is 0. The molecule has 0 heterocycles. The topological polar surface area (TPSA) is 71.3 Å². The van der Waals surface area contributed by atoms with Crippen LogP contribution >= 0.6 is 0 Å². The van der Waals surface area contributed by atoms with Gasteiger partial charge in [-0.2, -0.15) is 5.26 Å². The van der Waals surface area contributed by atoms with Crippen LogP contribution in [0.5, 0.6) is 11.5 Å². The Morgan fingerprint density at radius 1 is 1.03 bits per heavy atom. The van der Waals surface area contributed by atoms with E-state index < -0.39 is 5.91 Å². The zero-order valence-corrected chi connectivity index (χ0v) is 17.0. The first-order chi connectivity index (χ1) is 15.1. The van der Waals surface area contributed by atoms with Gasteiger partial charge in [-0.3, -0.25) is 4.79 Å². The summed E-state index contributed by atoms with van der Waals surface area (Å²) in [4.78, 5) is 12.4. The molecule has 6 heteroatoms. The number of carbonyl (C=O) groups is 1. The minimum Gasteiger partial charge on any atom is -0.494 e. The van der Waals surface area contributed by atoms with Crippen LogP contribution in [0.15, 0.2) is 78.4 Å². The van der Waals surface area contributed by atoms with E-state index >= 15 is 0 Å². The Labute approximate surface area is 180 Å².